The van der Waals surface area contributed by atoms with E-state index in [1.54, 1.807) is 0 Å². The molecule has 0 spiro atoms. The lowest BCUT2D eigenvalue weighted by atomic mass is 10.6. The Labute approximate surface area is 37.5 Å². The van der Waals surface area contributed by atoms with Crippen molar-refractivity contribution in [2.45, 2.75) is 0 Å². The fraction of sp³-hybridized carbons (Fsp3) is 0. The van der Waals surface area contributed by atoms with Crippen molar-refractivity contribution in [1.29, 1.82) is 0 Å². The average molecular weight is 75.1 g/mol. The topological polar surface area (TPSA) is 0 Å². The monoisotopic (exact) mass is 75.0 g/mol. The normalized spacial score (nSPS) is 3.83. The third-order valence-electron chi connectivity index (χ3n) is 0.223. The van der Waals surface area contributed by atoms with E-state index in [0.717, 1.165) is 0 Å². The molecule has 0 heteroatoms. The molecule has 0 fully saturated rings. The number of hydrogen-bond acceptors (Lipinski definition) is 0. The number of allylic oxidation sites excluding steroid dienone is 1. The molecule has 0 saturated heterocycles. The smallest absolute Gasteiger partial charge is 0.0985 e. The van der Waals surface area contributed by atoms with Gasteiger partial charge in [0, 0.05) is 0 Å². The van der Waals surface area contributed by atoms with Gasteiger partial charge in [-0.2, -0.15) is 0 Å². The molecule has 0 N–H and O–H groups in total. The van der Waals surface area contributed by atoms with E-state index in [1.165, 1.54) is 0 Å². The SMILES string of the molecule is C#C[C]=C=C=C. The van der Waals surface area contributed by atoms with E-state index in [1.807, 2.05) is 0 Å². The molecule has 0 aromatic heterocycles. The third-order valence-corrected chi connectivity index (χ3v) is 0.223. The van der Waals surface area contributed by atoms with Crippen molar-refractivity contribution in [3.8, 4) is 12.3 Å². The number of hydrogen-bond donors (Lipinski definition) is 0. The molecule has 0 aliphatic rings. The van der Waals surface area contributed by atoms with Crippen molar-refractivity contribution in [3.63, 3.8) is 0 Å². The van der Waals surface area contributed by atoms with Crippen molar-refractivity contribution in [3.05, 3.63) is 24.1 Å². The Morgan fingerprint density at radius 1 is 1.50 bits per heavy atom. The molecule has 0 aromatic carbocycles. The highest BCUT2D eigenvalue weighted by atomic mass is 13.4. The van der Waals surface area contributed by atoms with Crippen LogP contribution in [0.5, 0.6) is 0 Å². The molecule has 0 atom stereocenters. The lowest BCUT2D eigenvalue weighted by Gasteiger charge is -1.41. The van der Waals surface area contributed by atoms with E-state index < -0.39 is 0 Å². The Hall–Kier alpha value is -1.14. The van der Waals surface area contributed by atoms with Gasteiger partial charge in [-0.05, 0) is 6.58 Å². The summed E-state index contributed by atoms with van der Waals surface area (Å²) in [5, 5.41) is 0. The van der Waals surface area contributed by atoms with Crippen LogP contribution >= 0.6 is 0 Å². The molecule has 0 aliphatic heterocycles. The van der Waals surface area contributed by atoms with E-state index in [2.05, 4.69) is 30.0 Å². The molecule has 1 radical (unpaired) electrons. The highest BCUT2D eigenvalue weighted by molar-refractivity contribution is 4.99. The maximum Gasteiger partial charge on any atom is 0.0985 e. The van der Waals surface area contributed by atoms with Gasteiger partial charge in [-0.1, -0.05) is 17.4 Å². The summed E-state index contributed by atoms with van der Waals surface area (Å²) >= 11 is 0. The van der Waals surface area contributed by atoms with Gasteiger partial charge in [0.25, 0.3) is 0 Å². The van der Waals surface area contributed by atoms with Crippen LogP contribution in [0.2, 0.25) is 0 Å². The second-order valence-corrected chi connectivity index (χ2v) is 0.571. The molecule has 6 heavy (non-hydrogen) atoms. The maximum atomic E-state index is 4.72. The minimum Gasteiger partial charge on any atom is -0.114 e. The van der Waals surface area contributed by atoms with Gasteiger partial charge in [0.1, 0.15) is 0 Å². The Bertz CT molecular complexity index is 134. The summed E-state index contributed by atoms with van der Waals surface area (Å²) < 4.78 is 0. The van der Waals surface area contributed by atoms with E-state index >= 15 is 0 Å². The lowest BCUT2D eigenvalue weighted by molar-refractivity contribution is 2.10. The first kappa shape index (κ1) is 4.86. The van der Waals surface area contributed by atoms with Crippen LogP contribution in [0.15, 0.2) is 18.0 Å². The second-order valence-electron chi connectivity index (χ2n) is 0.571. The van der Waals surface area contributed by atoms with Gasteiger partial charge in [-0.25, -0.2) is 0 Å². The van der Waals surface area contributed by atoms with Gasteiger partial charge in [0.2, 0.25) is 0 Å². The predicted molar refractivity (Wildman–Crippen MR) is 24.7 cm³/mol. The zero-order valence-electron chi connectivity index (χ0n) is 3.28. The van der Waals surface area contributed by atoms with Gasteiger partial charge in [0.15, 0.2) is 0 Å². The first-order chi connectivity index (χ1) is 2.91. The standard InChI is InChI=1S/C6H3/c1-3-5-6-4-2/h1H,2H2. The van der Waals surface area contributed by atoms with Gasteiger partial charge < -0.3 is 0 Å². The summed E-state index contributed by atoms with van der Waals surface area (Å²) in [6.45, 7) is 3.20. The van der Waals surface area contributed by atoms with Crippen LogP contribution in [0, 0.1) is 18.4 Å². The van der Waals surface area contributed by atoms with Crippen LogP contribution < -0.4 is 0 Å². The van der Waals surface area contributed by atoms with E-state index in [9.17, 15) is 0 Å². The molecule has 0 rings (SSSR count). The molecule has 0 heterocycles. The van der Waals surface area contributed by atoms with E-state index in [4.69, 9.17) is 6.42 Å². The van der Waals surface area contributed by atoms with Crippen LogP contribution in [-0.2, 0) is 0 Å². The van der Waals surface area contributed by atoms with Crippen LogP contribution in [0.25, 0.3) is 0 Å². The Balaban J connectivity index is 3.91. The van der Waals surface area contributed by atoms with Crippen molar-refractivity contribution in [2.24, 2.45) is 0 Å². The average Bonchev–Trinajstić information content (AvgIpc) is 1.61. The van der Waals surface area contributed by atoms with E-state index in [0.29, 0.717) is 0 Å². The quantitative estimate of drug-likeness (QED) is 0.296. The van der Waals surface area contributed by atoms with Gasteiger partial charge in [-0.15, -0.1) is 6.42 Å². The highest BCUT2D eigenvalue weighted by Crippen LogP contribution is 1.49. The molecule has 0 nitrogen and oxygen atoms in total. The minimum atomic E-state index is 2.10. The Morgan fingerprint density at radius 2 is 2.17 bits per heavy atom. The first-order valence-electron chi connectivity index (χ1n) is 1.39. The zero-order valence-corrected chi connectivity index (χ0v) is 3.28. The van der Waals surface area contributed by atoms with Crippen molar-refractivity contribution >= 4 is 0 Å². The van der Waals surface area contributed by atoms with Crippen LogP contribution in [0.1, 0.15) is 0 Å². The molecule has 0 unspecified atom stereocenters. The number of terminal acetylenes is 1. The van der Waals surface area contributed by atoms with Crippen LogP contribution in [-0.4, -0.2) is 0 Å². The Morgan fingerprint density at radius 3 is 2.33 bits per heavy atom. The van der Waals surface area contributed by atoms with Gasteiger partial charge >= 0.3 is 0 Å². The van der Waals surface area contributed by atoms with Gasteiger partial charge in [0.05, 0.1) is 6.08 Å². The van der Waals surface area contributed by atoms with E-state index in [-0.39, 0.29) is 0 Å². The summed E-state index contributed by atoms with van der Waals surface area (Å²) in [6, 6.07) is 0. The summed E-state index contributed by atoms with van der Waals surface area (Å²) in [5.41, 5.74) is 4.67. The molecule has 0 saturated carbocycles. The lowest BCUT2D eigenvalue weighted by Crippen LogP contribution is -1.33. The number of rotatable bonds is 0. The Kier molecular flexibility index (Phi) is 3.13. The summed E-state index contributed by atoms with van der Waals surface area (Å²) in [4.78, 5) is 0. The highest BCUT2D eigenvalue weighted by Gasteiger charge is 1.40. The largest absolute Gasteiger partial charge is 0.114 e. The molecular formula is C6H3. The fourth-order valence-electron chi connectivity index (χ4n) is 0.0803. The molecule has 27 valence electrons. The molecule has 0 aromatic rings. The predicted octanol–water partition coefficient (Wildman–Crippen LogP) is 0.919. The summed E-state index contributed by atoms with van der Waals surface area (Å²) in [6.07, 6.45) is 7.03. The molecule has 0 aliphatic carbocycles. The van der Waals surface area contributed by atoms with Crippen LogP contribution in [0.3, 0.4) is 0 Å². The maximum absolute atomic E-state index is 4.72. The van der Waals surface area contributed by atoms with Crippen molar-refractivity contribution < 1.29 is 0 Å². The van der Waals surface area contributed by atoms with Gasteiger partial charge in [-0.3, -0.25) is 0 Å². The fourth-order valence-corrected chi connectivity index (χ4v) is 0.0803. The van der Waals surface area contributed by atoms with Crippen molar-refractivity contribution in [1.82, 2.24) is 0 Å². The second kappa shape index (κ2) is 3.86. The zero-order chi connectivity index (χ0) is 4.83. The van der Waals surface area contributed by atoms with Crippen LogP contribution in [0.4, 0.5) is 0 Å². The summed E-state index contributed by atoms with van der Waals surface area (Å²) in [5.74, 6) is 2.10. The molecule has 0 amide bonds. The molecular weight excluding hydrogens is 72.1 g/mol. The van der Waals surface area contributed by atoms with Crippen molar-refractivity contribution in [2.75, 3.05) is 0 Å². The summed E-state index contributed by atoms with van der Waals surface area (Å²) in [7, 11) is 0. The molecule has 0 bridgehead atoms. The third kappa shape index (κ3) is 2.86. The first-order valence-corrected chi connectivity index (χ1v) is 1.39. The minimum absolute atomic E-state index is 2.10.